The average molecular weight is 276 g/mol. The van der Waals surface area contributed by atoms with E-state index >= 15 is 0 Å². The molecule has 0 saturated carbocycles. The summed E-state index contributed by atoms with van der Waals surface area (Å²) in [4.78, 5) is 14.2. The van der Waals surface area contributed by atoms with Crippen molar-refractivity contribution in [3.05, 3.63) is 29.3 Å². The maximum atomic E-state index is 11.8. The Kier molecular flexibility index (Phi) is 5.38. The Balaban J connectivity index is 1.99. The van der Waals surface area contributed by atoms with Gasteiger partial charge in [-0.05, 0) is 43.6 Å². The number of anilines is 1. The molecule has 5 nitrogen and oxygen atoms in total. The van der Waals surface area contributed by atoms with Gasteiger partial charge in [-0.1, -0.05) is 12.5 Å². The van der Waals surface area contributed by atoms with E-state index < -0.39 is 0 Å². The van der Waals surface area contributed by atoms with Crippen molar-refractivity contribution in [1.29, 1.82) is 0 Å². The van der Waals surface area contributed by atoms with Gasteiger partial charge in [0.25, 0.3) is 5.91 Å². The number of nitrogens with zero attached hydrogens (tertiary/aromatic N) is 1. The van der Waals surface area contributed by atoms with Crippen LogP contribution in [0.15, 0.2) is 18.2 Å². The van der Waals surface area contributed by atoms with Gasteiger partial charge in [-0.15, -0.1) is 0 Å². The fourth-order valence-electron chi connectivity index (χ4n) is 2.53. The predicted octanol–water partition coefficient (Wildman–Crippen LogP) is 0.943. The first-order valence-corrected chi connectivity index (χ1v) is 7.29. The van der Waals surface area contributed by atoms with E-state index in [0.29, 0.717) is 24.3 Å². The van der Waals surface area contributed by atoms with Crippen LogP contribution in [-0.4, -0.2) is 37.0 Å². The number of likely N-dealkylation sites (tertiary alicyclic amines) is 1. The number of nitrogens with one attached hydrogen (secondary N) is 1. The molecule has 20 heavy (non-hydrogen) atoms. The number of nitrogens with two attached hydrogens (primary N) is 2. The molecule has 0 spiro atoms. The fourth-order valence-corrected chi connectivity index (χ4v) is 2.53. The first-order chi connectivity index (χ1) is 9.70. The van der Waals surface area contributed by atoms with Crippen LogP contribution in [0.2, 0.25) is 0 Å². The monoisotopic (exact) mass is 276 g/mol. The Morgan fingerprint density at radius 1 is 1.25 bits per heavy atom. The van der Waals surface area contributed by atoms with Crippen LogP contribution in [0.1, 0.15) is 35.2 Å². The van der Waals surface area contributed by atoms with E-state index in [1.54, 1.807) is 6.07 Å². The van der Waals surface area contributed by atoms with Gasteiger partial charge in [0.1, 0.15) is 0 Å². The molecule has 1 aromatic rings. The summed E-state index contributed by atoms with van der Waals surface area (Å²) >= 11 is 0. The minimum absolute atomic E-state index is 0.119. The highest BCUT2D eigenvalue weighted by molar-refractivity contribution is 5.95. The SMILES string of the molecule is NCCNC(=O)c1ccc(CN2CCCCC2)c(N)c1. The van der Waals surface area contributed by atoms with E-state index in [4.69, 9.17) is 11.5 Å². The summed E-state index contributed by atoms with van der Waals surface area (Å²) in [5.74, 6) is -0.119. The molecule has 0 aliphatic carbocycles. The van der Waals surface area contributed by atoms with E-state index in [9.17, 15) is 4.79 Å². The highest BCUT2D eigenvalue weighted by Crippen LogP contribution is 2.19. The van der Waals surface area contributed by atoms with Crippen molar-refractivity contribution in [3.63, 3.8) is 0 Å². The minimum atomic E-state index is -0.119. The molecule has 1 amide bonds. The number of rotatable bonds is 5. The number of benzene rings is 1. The van der Waals surface area contributed by atoms with Crippen LogP contribution in [0, 0.1) is 0 Å². The van der Waals surface area contributed by atoms with E-state index in [1.165, 1.54) is 19.3 Å². The summed E-state index contributed by atoms with van der Waals surface area (Å²) in [7, 11) is 0. The second-order valence-electron chi connectivity index (χ2n) is 5.29. The van der Waals surface area contributed by atoms with Gasteiger partial charge in [-0.3, -0.25) is 9.69 Å². The zero-order valence-electron chi connectivity index (χ0n) is 11.9. The van der Waals surface area contributed by atoms with Crippen LogP contribution in [0.3, 0.4) is 0 Å². The lowest BCUT2D eigenvalue weighted by Crippen LogP contribution is -2.30. The van der Waals surface area contributed by atoms with Gasteiger partial charge in [0.15, 0.2) is 0 Å². The third-order valence-electron chi connectivity index (χ3n) is 3.68. The highest BCUT2D eigenvalue weighted by Gasteiger charge is 2.13. The lowest BCUT2D eigenvalue weighted by molar-refractivity contribution is 0.0955. The first-order valence-electron chi connectivity index (χ1n) is 7.29. The number of piperidine rings is 1. The Morgan fingerprint density at radius 2 is 2.00 bits per heavy atom. The van der Waals surface area contributed by atoms with Crippen molar-refractivity contribution in [1.82, 2.24) is 10.2 Å². The number of carbonyl (C=O) groups is 1. The molecule has 0 bridgehead atoms. The summed E-state index contributed by atoms with van der Waals surface area (Å²) in [5, 5.41) is 2.75. The van der Waals surface area contributed by atoms with Gasteiger partial charge < -0.3 is 16.8 Å². The molecule has 5 N–H and O–H groups in total. The minimum Gasteiger partial charge on any atom is -0.398 e. The summed E-state index contributed by atoms with van der Waals surface area (Å²) in [5.41, 5.74) is 13.8. The zero-order chi connectivity index (χ0) is 14.4. The van der Waals surface area contributed by atoms with Crippen molar-refractivity contribution >= 4 is 11.6 Å². The second kappa shape index (κ2) is 7.26. The molecule has 1 saturated heterocycles. The topological polar surface area (TPSA) is 84.4 Å². The molecule has 0 atom stereocenters. The number of hydrogen-bond acceptors (Lipinski definition) is 4. The molecule has 5 heteroatoms. The van der Waals surface area contributed by atoms with E-state index in [1.807, 2.05) is 12.1 Å². The van der Waals surface area contributed by atoms with Gasteiger partial charge in [-0.25, -0.2) is 0 Å². The zero-order valence-corrected chi connectivity index (χ0v) is 11.9. The second-order valence-corrected chi connectivity index (χ2v) is 5.29. The van der Waals surface area contributed by atoms with Crippen molar-refractivity contribution in [2.75, 3.05) is 31.9 Å². The Hall–Kier alpha value is -1.59. The summed E-state index contributed by atoms with van der Waals surface area (Å²) in [6.45, 7) is 4.06. The number of carbonyl (C=O) groups excluding carboxylic acids is 1. The molecule has 1 aliphatic rings. The standard InChI is InChI=1S/C15H24N4O/c16-6-7-18-15(20)12-4-5-13(14(17)10-12)11-19-8-2-1-3-9-19/h4-5,10H,1-3,6-9,11,16-17H2,(H,18,20). The van der Waals surface area contributed by atoms with Crippen molar-refractivity contribution in [2.24, 2.45) is 5.73 Å². The third-order valence-corrected chi connectivity index (χ3v) is 3.68. The van der Waals surface area contributed by atoms with Crippen LogP contribution >= 0.6 is 0 Å². The van der Waals surface area contributed by atoms with Crippen molar-refractivity contribution < 1.29 is 4.79 Å². The quantitative estimate of drug-likeness (QED) is 0.699. The number of nitrogen functional groups attached to an aromatic ring is 1. The Bertz CT molecular complexity index is 455. The van der Waals surface area contributed by atoms with E-state index in [2.05, 4.69) is 10.2 Å². The highest BCUT2D eigenvalue weighted by atomic mass is 16.1. The molecule has 1 aliphatic heterocycles. The molecule has 1 heterocycles. The summed E-state index contributed by atoms with van der Waals surface area (Å²) < 4.78 is 0. The van der Waals surface area contributed by atoms with Gasteiger partial charge in [-0.2, -0.15) is 0 Å². The van der Waals surface area contributed by atoms with E-state index in [-0.39, 0.29) is 5.91 Å². The number of hydrogen-bond donors (Lipinski definition) is 3. The van der Waals surface area contributed by atoms with Crippen LogP contribution in [0.4, 0.5) is 5.69 Å². The third kappa shape index (κ3) is 3.95. The average Bonchev–Trinajstić information content (AvgIpc) is 2.48. The number of amides is 1. The van der Waals surface area contributed by atoms with Gasteiger partial charge in [0.05, 0.1) is 0 Å². The normalized spacial score (nSPS) is 16.1. The van der Waals surface area contributed by atoms with Crippen LogP contribution in [0.5, 0.6) is 0 Å². The van der Waals surface area contributed by atoms with Gasteiger partial charge in [0, 0.05) is 30.9 Å². The molecular weight excluding hydrogens is 252 g/mol. The fraction of sp³-hybridized carbons (Fsp3) is 0.533. The molecular formula is C15H24N4O. The lowest BCUT2D eigenvalue weighted by Gasteiger charge is -2.27. The Labute approximate surface area is 120 Å². The molecule has 0 unspecified atom stereocenters. The lowest BCUT2D eigenvalue weighted by atomic mass is 10.1. The van der Waals surface area contributed by atoms with Crippen LogP contribution < -0.4 is 16.8 Å². The Morgan fingerprint density at radius 3 is 2.65 bits per heavy atom. The smallest absolute Gasteiger partial charge is 0.251 e. The van der Waals surface area contributed by atoms with Crippen LogP contribution in [-0.2, 0) is 6.54 Å². The molecule has 1 aromatic carbocycles. The van der Waals surface area contributed by atoms with Crippen molar-refractivity contribution in [3.8, 4) is 0 Å². The molecule has 110 valence electrons. The maximum absolute atomic E-state index is 11.8. The first kappa shape index (κ1) is 14.8. The van der Waals surface area contributed by atoms with Gasteiger partial charge >= 0.3 is 0 Å². The van der Waals surface area contributed by atoms with E-state index in [0.717, 1.165) is 25.2 Å². The maximum Gasteiger partial charge on any atom is 0.251 e. The molecule has 0 aromatic heterocycles. The van der Waals surface area contributed by atoms with Crippen molar-refractivity contribution in [2.45, 2.75) is 25.8 Å². The molecule has 0 radical (unpaired) electrons. The van der Waals surface area contributed by atoms with Crippen LogP contribution in [0.25, 0.3) is 0 Å². The molecule has 1 fully saturated rings. The summed E-state index contributed by atoms with van der Waals surface area (Å²) in [6.07, 6.45) is 3.85. The van der Waals surface area contributed by atoms with Gasteiger partial charge in [0.2, 0.25) is 0 Å². The predicted molar refractivity (Wildman–Crippen MR) is 81.4 cm³/mol. The largest absolute Gasteiger partial charge is 0.398 e. The molecule has 2 rings (SSSR count). The summed E-state index contributed by atoms with van der Waals surface area (Å²) in [6, 6.07) is 5.55.